The highest BCUT2D eigenvalue weighted by molar-refractivity contribution is 7.15. The van der Waals surface area contributed by atoms with Crippen LogP contribution in [0.5, 0.6) is 0 Å². The number of thiophene rings is 1. The van der Waals surface area contributed by atoms with Crippen LogP contribution in [0.25, 0.3) is 0 Å². The second kappa shape index (κ2) is 9.89. The van der Waals surface area contributed by atoms with Crippen LogP contribution in [0.15, 0.2) is 29.6 Å². The molecule has 1 saturated carbocycles. The fraction of sp³-hybridized carbons (Fsp3) is 0.455. The minimum Gasteiger partial charge on any atom is -0.478 e. The molecule has 7 heteroatoms. The molecule has 5 N–H and O–H groups in total. The minimum absolute atomic E-state index is 0.251. The van der Waals surface area contributed by atoms with Crippen molar-refractivity contribution in [2.45, 2.75) is 57.4 Å². The molecule has 1 unspecified atom stereocenters. The highest BCUT2D eigenvalue weighted by atomic mass is 32.1. The molecule has 156 valence electrons. The van der Waals surface area contributed by atoms with Crippen molar-refractivity contribution in [2.75, 3.05) is 17.2 Å². The Balaban J connectivity index is 1.71. The number of hydrogen-bond acceptors (Lipinski definition) is 5. The standard InChI is InChI=1S/C22H29N3O3S/c1-2-16(11-12-23)24-17-9-7-15(8-10-17)20(26)25-21-19(22(27)28)18(13-29-21)14-5-3-4-6-14/h7-10,13-14,16,24H,2-6,11-12,23H2,1H3,(H,25,26)(H,27,28). The van der Waals surface area contributed by atoms with Crippen molar-refractivity contribution >= 4 is 33.9 Å². The van der Waals surface area contributed by atoms with Crippen molar-refractivity contribution in [3.05, 3.63) is 46.3 Å². The molecular formula is C22H29N3O3S. The summed E-state index contributed by atoms with van der Waals surface area (Å²) in [6.07, 6.45) is 6.15. The smallest absolute Gasteiger partial charge is 0.339 e. The van der Waals surface area contributed by atoms with E-state index < -0.39 is 5.97 Å². The average molecular weight is 416 g/mol. The Morgan fingerprint density at radius 3 is 2.52 bits per heavy atom. The van der Waals surface area contributed by atoms with E-state index in [-0.39, 0.29) is 17.4 Å². The van der Waals surface area contributed by atoms with Crippen molar-refractivity contribution in [2.24, 2.45) is 5.73 Å². The lowest BCUT2D eigenvalue weighted by atomic mass is 9.96. The summed E-state index contributed by atoms with van der Waals surface area (Å²) in [5.74, 6) is -0.991. The lowest BCUT2D eigenvalue weighted by Gasteiger charge is -2.17. The van der Waals surface area contributed by atoms with Crippen LogP contribution < -0.4 is 16.4 Å². The van der Waals surface area contributed by atoms with Gasteiger partial charge in [0.2, 0.25) is 0 Å². The molecule has 1 aliphatic rings. The van der Waals surface area contributed by atoms with Crippen molar-refractivity contribution in [1.29, 1.82) is 0 Å². The molecule has 2 aromatic rings. The van der Waals surface area contributed by atoms with Crippen LogP contribution in [-0.4, -0.2) is 29.6 Å². The summed E-state index contributed by atoms with van der Waals surface area (Å²) in [6.45, 7) is 2.73. The van der Waals surface area contributed by atoms with Gasteiger partial charge in [-0.15, -0.1) is 11.3 Å². The highest BCUT2D eigenvalue weighted by Crippen LogP contribution is 2.41. The van der Waals surface area contributed by atoms with Crippen molar-refractivity contribution in [3.63, 3.8) is 0 Å². The lowest BCUT2D eigenvalue weighted by Crippen LogP contribution is -2.22. The number of carboxylic acid groups (broad SMARTS) is 1. The zero-order valence-electron chi connectivity index (χ0n) is 16.7. The van der Waals surface area contributed by atoms with Gasteiger partial charge in [0, 0.05) is 17.3 Å². The summed E-state index contributed by atoms with van der Waals surface area (Å²) in [5, 5.41) is 18.2. The number of rotatable bonds is 9. The quantitative estimate of drug-likeness (QED) is 0.466. The molecule has 6 nitrogen and oxygen atoms in total. The van der Waals surface area contributed by atoms with Gasteiger partial charge in [-0.2, -0.15) is 0 Å². The van der Waals surface area contributed by atoms with Gasteiger partial charge in [0.1, 0.15) is 5.00 Å². The molecule has 1 aromatic carbocycles. The van der Waals surface area contributed by atoms with Crippen molar-refractivity contribution in [1.82, 2.24) is 0 Å². The maximum atomic E-state index is 12.7. The van der Waals surface area contributed by atoms with Crippen LogP contribution in [0.4, 0.5) is 10.7 Å². The molecule has 1 atom stereocenters. The van der Waals surface area contributed by atoms with E-state index in [2.05, 4.69) is 17.6 Å². The first-order chi connectivity index (χ1) is 14.0. The molecule has 1 aromatic heterocycles. The summed E-state index contributed by atoms with van der Waals surface area (Å²) >= 11 is 1.30. The number of nitrogens with two attached hydrogens (primary N) is 1. The second-order valence-corrected chi connectivity index (χ2v) is 8.42. The van der Waals surface area contributed by atoms with Crippen LogP contribution in [0.2, 0.25) is 0 Å². The molecule has 0 spiro atoms. The van der Waals surface area contributed by atoms with Crippen molar-refractivity contribution in [3.8, 4) is 0 Å². The fourth-order valence-corrected chi connectivity index (χ4v) is 4.96. The zero-order valence-corrected chi connectivity index (χ0v) is 17.6. The van der Waals surface area contributed by atoms with E-state index >= 15 is 0 Å². The Hall–Kier alpha value is -2.38. The predicted molar refractivity (Wildman–Crippen MR) is 118 cm³/mol. The Kier molecular flexibility index (Phi) is 7.28. The number of carbonyl (C=O) groups excluding carboxylic acids is 1. The first kappa shape index (κ1) is 21.3. The Morgan fingerprint density at radius 2 is 1.93 bits per heavy atom. The Morgan fingerprint density at radius 1 is 1.24 bits per heavy atom. The van der Waals surface area contributed by atoms with Gasteiger partial charge in [-0.05, 0) is 73.4 Å². The number of carbonyl (C=O) groups is 2. The summed E-state index contributed by atoms with van der Waals surface area (Å²) in [5.41, 5.74) is 8.18. The first-order valence-corrected chi connectivity index (χ1v) is 11.1. The number of nitrogens with one attached hydrogen (secondary N) is 2. The van der Waals surface area contributed by atoms with E-state index in [0.29, 0.717) is 23.2 Å². The molecule has 0 radical (unpaired) electrons. The Bertz CT molecular complexity index is 841. The van der Waals surface area contributed by atoms with E-state index in [9.17, 15) is 14.7 Å². The molecule has 1 fully saturated rings. The third kappa shape index (κ3) is 5.16. The summed E-state index contributed by atoms with van der Waals surface area (Å²) in [7, 11) is 0. The summed E-state index contributed by atoms with van der Waals surface area (Å²) in [6, 6.07) is 7.53. The molecule has 0 saturated heterocycles. The topological polar surface area (TPSA) is 104 Å². The number of aromatic carboxylic acids is 1. The monoisotopic (exact) mass is 415 g/mol. The van der Waals surface area contributed by atoms with E-state index in [0.717, 1.165) is 49.8 Å². The molecular weight excluding hydrogens is 386 g/mol. The van der Waals surface area contributed by atoms with Crippen LogP contribution >= 0.6 is 11.3 Å². The van der Waals surface area contributed by atoms with Crippen molar-refractivity contribution < 1.29 is 14.7 Å². The number of amides is 1. The molecule has 3 rings (SSSR count). The molecule has 1 aliphatic carbocycles. The van der Waals surface area contributed by atoms with Crippen LogP contribution in [-0.2, 0) is 0 Å². The van der Waals surface area contributed by atoms with E-state index in [1.165, 1.54) is 11.3 Å². The maximum absolute atomic E-state index is 12.7. The normalized spacial score (nSPS) is 15.2. The van der Waals surface area contributed by atoms with Gasteiger partial charge in [-0.3, -0.25) is 4.79 Å². The van der Waals surface area contributed by atoms with Gasteiger partial charge in [0.25, 0.3) is 5.91 Å². The third-order valence-electron chi connectivity index (χ3n) is 5.58. The maximum Gasteiger partial charge on any atom is 0.339 e. The largest absolute Gasteiger partial charge is 0.478 e. The summed E-state index contributed by atoms with van der Waals surface area (Å²) in [4.78, 5) is 24.5. The SMILES string of the molecule is CCC(CCN)Nc1ccc(C(=O)Nc2scc(C3CCCC3)c2C(=O)O)cc1. The molecule has 0 aliphatic heterocycles. The third-order valence-corrected chi connectivity index (χ3v) is 6.49. The number of hydrogen-bond donors (Lipinski definition) is 4. The van der Waals surface area contributed by atoms with Crippen LogP contribution in [0.1, 0.15) is 77.6 Å². The van der Waals surface area contributed by atoms with Gasteiger partial charge in [0.05, 0.1) is 5.56 Å². The number of benzene rings is 1. The fourth-order valence-electron chi connectivity index (χ4n) is 3.93. The lowest BCUT2D eigenvalue weighted by molar-refractivity contribution is 0.0697. The van der Waals surface area contributed by atoms with Crippen LogP contribution in [0, 0.1) is 0 Å². The van der Waals surface area contributed by atoms with Gasteiger partial charge in [-0.1, -0.05) is 19.8 Å². The average Bonchev–Trinajstić information content (AvgIpc) is 3.37. The number of anilines is 2. The van der Waals surface area contributed by atoms with E-state index in [1.54, 1.807) is 12.1 Å². The number of carboxylic acids is 1. The highest BCUT2D eigenvalue weighted by Gasteiger charge is 2.27. The molecule has 29 heavy (non-hydrogen) atoms. The molecule has 1 heterocycles. The van der Waals surface area contributed by atoms with Gasteiger partial charge in [0.15, 0.2) is 0 Å². The first-order valence-electron chi connectivity index (χ1n) is 10.3. The Labute approximate surface area is 175 Å². The van der Waals surface area contributed by atoms with E-state index in [1.807, 2.05) is 17.5 Å². The molecule has 0 bridgehead atoms. The van der Waals surface area contributed by atoms with E-state index in [4.69, 9.17) is 5.73 Å². The van der Waals surface area contributed by atoms with Gasteiger partial charge >= 0.3 is 5.97 Å². The van der Waals surface area contributed by atoms with Gasteiger partial charge < -0.3 is 21.5 Å². The summed E-state index contributed by atoms with van der Waals surface area (Å²) < 4.78 is 0. The predicted octanol–water partition coefficient (Wildman–Crippen LogP) is 4.90. The van der Waals surface area contributed by atoms with Crippen LogP contribution in [0.3, 0.4) is 0 Å². The minimum atomic E-state index is -0.978. The molecule has 1 amide bonds. The zero-order chi connectivity index (χ0) is 20.8. The van der Waals surface area contributed by atoms with Gasteiger partial charge in [-0.25, -0.2) is 4.79 Å². The second-order valence-electron chi connectivity index (χ2n) is 7.54.